The van der Waals surface area contributed by atoms with Gasteiger partial charge < -0.3 is 20.9 Å². The second kappa shape index (κ2) is 9.94. The van der Waals surface area contributed by atoms with Crippen molar-refractivity contribution in [2.75, 3.05) is 45.6 Å². The summed E-state index contributed by atoms with van der Waals surface area (Å²) in [6.45, 7) is 2.21. The van der Waals surface area contributed by atoms with Gasteiger partial charge in [-0.2, -0.15) is 0 Å². The zero-order valence-electron chi connectivity index (χ0n) is 15.0. The Balaban J connectivity index is 1.71. The SMILES string of the molecule is CN(C)CCNC(=O)C(=O)NCCCNc1ccnc2cc(Cl)ccc12. The number of likely N-dealkylation sites (N-methyl/N-ethyl adjacent to an activating group) is 1. The van der Waals surface area contributed by atoms with E-state index in [9.17, 15) is 9.59 Å². The molecule has 26 heavy (non-hydrogen) atoms. The number of pyridine rings is 1. The molecule has 2 rings (SSSR count). The first-order valence-electron chi connectivity index (χ1n) is 8.46. The van der Waals surface area contributed by atoms with Crippen LogP contribution in [0.25, 0.3) is 10.9 Å². The van der Waals surface area contributed by atoms with Crippen molar-refractivity contribution in [3.8, 4) is 0 Å². The van der Waals surface area contributed by atoms with Crippen molar-refractivity contribution in [3.63, 3.8) is 0 Å². The van der Waals surface area contributed by atoms with Crippen molar-refractivity contribution >= 4 is 40.0 Å². The van der Waals surface area contributed by atoms with Crippen LogP contribution in [0.5, 0.6) is 0 Å². The van der Waals surface area contributed by atoms with Crippen molar-refractivity contribution in [2.24, 2.45) is 0 Å². The van der Waals surface area contributed by atoms with Crippen LogP contribution >= 0.6 is 11.6 Å². The first kappa shape index (κ1) is 19.9. The van der Waals surface area contributed by atoms with E-state index in [2.05, 4.69) is 20.9 Å². The largest absolute Gasteiger partial charge is 0.384 e. The number of benzene rings is 1. The number of rotatable bonds is 8. The van der Waals surface area contributed by atoms with E-state index in [4.69, 9.17) is 11.6 Å². The average molecular weight is 378 g/mol. The normalized spacial score (nSPS) is 10.8. The molecule has 0 bridgehead atoms. The van der Waals surface area contributed by atoms with Gasteiger partial charge in [0.25, 0.3) is 0 Å². The minimum atomic E-state index is -0.604. The van der Waals surface area contributed by atoms with Gasteiger partial charge in [-0.1, -0.05) is 11.6 Å². The van der Waals surface area contributed by atoms with Crippen LogP contribution in [-0.4, -0.2) is 62.0 Å². The first-order valence-corrected chi connectivity index (χ1v) is 8.84. The summed E-state index contributed by atoms with van der Waals surface area (Å²) in [5.74, 6) is -1.20. The van der Waals surface area contributed by atoms with Crippen molar-refractivity contribution in [1.29, 1.82) is 0 Å². The minimum absolute atomic E-state index is 0.418. The zero-order chi connectivity index (χ0) is 18.9. The number of carbonyl (C=O) groups excluding carboxylic acids is 2. The van der Waals surface area contributed by atoms with Gasteiger partial charge >= 0.3 is 11.8 Å². The fourth-order valence-corrected chi connectivity index (χ4v) is 2.51. The predicted molar refractivity (Wildman–Crippen MR) is 104 cm³/mol. The smallest absolute Gasteiger partial charge is 0.309 e. The van der Waals surface area contributed by atoms with Gasteiger partial charge in [0.05, 0.1) is 5.52 Å². The molecule has 3 N–H and O–H groups in total. The lowest BCUT2D eigenvalue weighted by atomic mass is 10.2. The molecule has 0 fully saturated rings. The molecule has 2 amide bonds. The highest BCUT2D eigenvalue weighted by Crippen LogP contribution is 2.24. The maximum absolute atomic E-state index is 11.7. The summed E-state index contributed by atoms with van der Waals surface area (Å²) >= 11 is 5.98. The van der Waals surface area contributed by atoms with Gasteiger partial charge in [-0.25, -0.2) is 0 Å². The number of nitrogens with zero attached hydrogens (tertiary/aromatic N) is 2. The van der Waals surface area contributed by atoms with E-state index < -0.39 is 11.8 Å². The lowest BCUT2D eigenvalue weighted by Crippen LogP contribution is -2.42. The molecule has 2 aromatic rings. The van der Waals surface area contributed by atoms with Crippen molar-refractivity contribution in [1.82, 2.24) is 20.5 Å². The van der Waals surface area contributed by atoms with Crippen LogP contribution < -0.4 is 16.0 Å². The van der Waals surface area contributed by atoms with Crippen molar-refractivity contribution < 1.29 is 9.59 Å². The molecule has 140 valence electrons. The quantitative estimate of drug-likeness (QED) is 0.479. The zero-order valence-corrected chi connectivity index (χ0v) is 15.8. The Morgan fingerprint density at radius 1 is 1.08 bits per heavy atom. The van der Waals surface area contributed by atoms with E-state index >= 15 is 0 Å². The van der Waals surface area contributed by atoms with Gasteiger partial charge in [-0.05, 0) is 44.8 Å². The molecule has 0 atom stereocenters. The molecule has 7 nitrogen and oxygen atoms in total. The van der Waals surface area contributed by atoms with E-state index in [-0.39, 0.29) is 0 Å². The summed E-state index contributed by atoms with van der Waals surface area (Å²) in [4.78, 5) is 29.5. The van der Waals surface area contributed by atoms with E-state index in [1.165, 1.54) is 0 Å². The standard InChI is InChI=1S/C18H24ClN5O2/c1-24(2)11-10-23-18(26)17(25)22-8-3-7-20-15-6-9-21-16-12-13(19)4-5-14(15)16/h4-6,9,12H,3,7-8,10-11H2,1-2H3,(H,20,21)(H,22,25)(H,23,26). The van der Waals surface area contributed by atoms with E-state index in [1.807, 2.05) is 43.3 Å². The van der Waals surface area contributed by atoms with Crippen LogP contribution in [0, 0.1) is 0 Å². The van der Waals surface area contributed by atoms with Crippen LogP contribution in [0.3, 0.4) is 0 Å². The lowest BCUT2D eigenvalue weighted by molar-refractivity contribution is -0.139. The van der Waals surface area contributed by atoms with Gasteiger partial charge in [0.15, 0.2) is 0 Å². The maximum atomic E-state index is 11.7. The van der Waals surface area contributed by atoms with Crippen LogP contribution in [0.1, 0.15) is 6.42 Å². The molecule has 0 saturated heterocycles. The highest BCUT2D eigenvalue weighted by Gasteiger charge is 2.11. The Morgan fingerprint density at radius 3 is 2.54 bits per heavy atom. The Bertz CT molecular complexity index is 766. The molecule has 0 spiro atoms. The van der Waals surface area contributed by atoms with Crippen LogP contribution in [0.15, 0.2) is 30.5 Å². The van der Waals surface area contributed by atoms with Crippen LogP contribution in [0.2, 0.25) is 5.02 Å². The minimum Gasteiger partial charge on any atom is -0.384 e. The highest BCUT2D eigenvalue weighted by molar-refractivity contribution is 6.35. The molecule has 0 aliphatic carbocycles. The lowest BCUT2D eigenvalue weighted by Gasteiger charge is -2.11. The monoisotopic (exact) mass is 377 g/mol. The second-order valence-electron chi connectivity index (χ2n) is 6.12. The van der Waals surface area contributed by atoms with Gasteiger partial charge in [0, 0.05) is 48.5 Å². The third-order valence-corrected chi connectivity index (χ3v) is 3.95. The number of halogens is 1. The van der Waals surface area contributed by atoms with E-state index in [0.717, 1.165) is 16.6 Å². The van der Waals surface area contributed by atoms with Crippen LogP contribution in [-0.2, 0) is 9.59 Å². The molecule has 0 radical (unpaired) electrons. The third kappa shape index (κ3) is 6.16. The van der Waals surface area contributed by atoms with Crippen molar-refractivity contribution in [2.45, 2.75) is 6.42 Å². The summed E-state index contributed by atoms with van der Waals surface area (Å²) < 4.78 is 0. The maximum Gasteiger partial charge on any atom is 0.309 e. The Morgan fingerprint density at radius 2 is 1.81 bits per heavy atom. The number of anilines is 1. The molecular formula is C18H24ClN5O2. The van der Waals surface area contributed by atoms with E-state index in [0.29, 0.717) is 37.6 Å². The van der Waals surface area contributed by atoms with Gasteiger partial charge in [0.1, 0.15) is 0 Å². The van der Waals surface area contributed by atoms with Gasteiger partial charge in [0.2, 0.25) is 0 Å². The number of carbonyl (C=O) groups is 2. The number of aromatic nitrogens is 1. The summed E-state index contributed by atoms with van der Waals surface area (Å²) in [7, 11) is 3.81. The Labute approximate surface area is 158 Å². The number of amides is 2. The molecule has 8 heteroatoms. The molecule has 1 aromatic heterocycles. The second-order valence-corrected chi connectivity index (χ2v) is 6.55. The molecule has 0 aliphatic heterocycles. The fourth-order valence-electron chi connectivity index (χ4n) is 2.34. The first-order chi connectivity index (χ1) is 12.5. The third-order valence-electron chi connectivity index (χ3n) is 3.71. The Hall–Kier alpha value is -2.38. The predicted octanol–water partition coefficient (Wildman–Crippen LogP) is 1.48. The Kier molecular flexibility index (Phi) is 7.62. The summed E-state index contributed by atoms with van der Waals surface area (Å²) in [5.41, 5.74) is 1.78. The summed E-state index contributed by atoms with van der Waals surface area (Å²) in [6.07, 6.45) is 2.41. The highest BCUT2D eigenvalue weighted by atomic mass is 35.5. The average Bonchev–Trinajstić information content (AvgIpc) is 2.60. The molecule has 1 aromatic carbocycles. The van der Waals surface area contributed by atoms with Gasteiger partial charge in [-0.3, -0.25) is 14.6 Å². The number of fused-ring (bicyclic) bond motifs is 1. The van der Waals surface area contributed by atoms with Gasteiger partial charge in [-0.15, -0.1) is 0 Å². The number of hydrogen-bond donors (Lipinski definition) is 3. The number of nitrogens with one attached hydrogen (secondary N) is 3. The molecule has 0 saturated carbocycles. The topological polar surface area (TPSA) is 86.4 Å². The molecule has 0 unspecified atom stereocenters. The summed E-state index contributed by atoms with van der Waals surface area (Å²) in [6, 6.07) is 7.46. The molecule has 1 heterocycles. The van der Waals surface area contributed by atoms with Crippen molar-refractivity contribution in [3.05, 3.63) is 35.5 Å². The number of hydrogen-bond acceptors (Lipinski definition) is 5. The van der Waals surface area contributed by atoms with E-state index in [1.54, 1.807) is 6.20 Å². The van der Waals surface area contributed by atoms with Crippen LogP contribution in [0.4, 0.5) is 5.69 Å². The molecular weight excluding hydrogens is 354 g/mol. The fraction of sp³-hybridized carbons (Fsp3) is 0.389. The molecule has 0 aliphatic rings. The summed E-state index contributed by atoms with van der Waals surface area (Å²) in [5, 5.41) is 10.1.